The second kappa shape index (κ2) is 3.33. The van der Waals surface area contributed by atoms with Crippen molar-refractivity contribution < 1.29 is 9.90 Å². The van der Waals surface area contributed by atoms with Gasteiger partial charge < -0.3 is 10.8 Å². The summed E-state index contributed by atoms with van der Waals surface area (Å²) in [5, 5.41) is 9.09. The van der Waals surface area contributed by atoms with Crippen molar-refractivity contribution in [2.75, 3.05) is 5.73 Å². The van der Waals surface area contributed by atoms with Crippen molar-refractivity contribution in [3.8, 4) is 0 Å². The molecule has 0 spiro atoms. The van der Waals surface area contributed by atoms with E-state index in [1.54, 1.807) is 0 Å². The molecule has 0 bridgehead atoms. The van der Waals surface area contributed by atoms with Gasteiger partial charge in [0.25, 0.3) is 0 Å². The molecule has 1 rings (SSSR count). The molecule has 0 atom stereocenters. The third-order valence-corrected chi connectivity index (χ3v) is 2.14. The molecule has 0 aliphatic rings. The number of hydrogen-bond donors (Lipinski definition) is 2. The molecule has 3 N–H and O–H groups in total. The molecule has 0 aliphatic carbocycles. The van der Waals surface area contributed by atoms with Crippen LogP contribution in [0, 0.1) is 0 Å². The van der Waals surface area contributed by atoms with Crippen molar-refractivity contribution in [3.63, 3.8) is 0 Å². The number of carboxylic acids is 1. The number of hydrogen-bond acceptors (Lipinski definition) is 2. The van der Waals surface area contributed by atoms with Crippen LogP contribution < -0.4 is 5.73 Å². The maximum atomic E-state index is 10.6. The van der Waals surface area contributed by atoms with Gasteiger partial charge in [-0.1, -0.05) is 11.6 Å². The highest BCUT2D eigenvalue weighted by Gasteiger charge is 2.12. The van der Waals surface area contributed by atoms with E-state index < -0.39 is 5.97 Å². The fourth-order valence-electron chi connectivity index (χ4n) is 0.819. The summed E-state index contributed by atoms with van der Waals surface area (Å²) in [4.78, 5) is 10.6. The Morgan fingerprint density at radius 3 is 2.58 bits per heavy atom. The van der Waals surface area contributed by atoms with Gasteiger partial charge in [-0.3, -0.25) is 0 Å². The summed E-state index contributed by atoms with van der Waals surface area (Å²) < 4.78 is 0.389. The maximum absolute atomic E-state index is 10.6. The first-order valence-electron chi connectivity index (χ1n) is 3.00. The van der Waals surface area contributed by atoms with Crippen LogP contribution in [0.1, 0.15) is 10.4 Å². The molecule has 0 amide bonds. The minimum absolute atomic E-state index is 0.0411. The molecule has 5 heteroatoms. The topological polar surface area (TPSA) is 63.3 Å². The van der Waals surface area contributed by atoms with Crippen LogP contribution in [0.3, 0.4) is 0 Å². The van der Waals surface area contributed by atoms with Crippen LogP contribution in [0.5, 0.6) is 0 Å². The van der Waals surface area contributed by atoms with Crippen LogP contribution in [-0.2, 0) is 0 Å². The molecule has 0 radical (unpaired) electrons. The number of nitrogens with two attached hydrogens (primary N) is 1. The quantitative estimate of drug-likeness (QED) is 0.752. The number of carboxylic acid groups (broad SMARTS) is 1. The highest BCUT2D eigenvalue weighted by Crippen LogP contribution is 2.27. The van der Waals surface area contributed by atoms with Crippen molar-refractivity contribution >= 4 is 39.2 Å². The zero-order valence-corrected chi connectivity index (χ0v) is 8.19. The first-order valence-corrected chi connectivity index (χ1v) is 4.17. The van der Waals surface area contributed by atoms with Crippen LogP contribution in [-0.4, -0.2) is 11.1 Å². The zero-order valence-electron chi connectivity index (χ0n) is 5.84. The molecule has 0 aromatic heterocycles. The van der Waals surface area contributed by atoms with E-state index in [2.05, 4.69) is 15.9 Å². The van der Waals surface area contributed by atoms with Crippen molar-refractivity contribution in [2.45, 2.75) is 0 Å². The lowest BCUT2D eigenvalue weighted by molar-refractivity contribution is 0.0697. The molecular formula is C7H5BrClNO2. The van der Waals surface area contributed by atoms with Gasteiger partial charge in [0, 0.05) is 15.2 Å². The molecule has 0 saturated carbocycles. The largest absolute Gasteiger partial charge is 0.478 e. The van der Waals surface area contributed by atoms with Crippen molar-refractivity contribution in [3.05, 3.63) is 27.2 Å². The number of nitrogen functional groups attached to an aromatic ring is 1. The standard InChI is InChI=1S/C7H5BrClNO2/c8-4-1-3(9)2-5(10)6(4)7(11)12/h1-2H,10H2,(H,11,12). The summed E-state index contributed by atoms with van der Waals surface area (Å²) in [5.74, 6) is -1.07. The van der Waals surface area contributed by atoms with Gasteiger partial charge in [0.05, 0.1) is 5.56 Å². The molecular weight excluding hydrogens is 245 g/mol. The van der Waals surface area contributed by atoms with Crippen LogP contribution >= 0.6 is 27.5 Å². The fourth-order valence-corrected chi connectivity index (χ4v) is 1.82. The van der Waals surface area contributed by atoms with Gasteiger partial charge in [0.1, 0.15) is 0 Å². The van der Waals surface area contributed by atoms with Gasteiger partial charge in [-0.05, 0) is 28.1 Å². The highest BCUT2D eigenvalue weighted by atomic mass is 79.9. The van der Waals surface area contributed by atoms with Crippen LogP contribution in [0.25, 0.3) is 0 Å². The summed E-state index contributed by atoms with van der Waals surface area (Å²) in [6.45, 7) is 0. The maximum Gasteiger partial charge on any atom is 0.338 e. The summed E-state index contributed by atoms with van der Waals surface area (Å²) in [7, 11) is 0. The zero-order chi connectivity index (χ0) is 9.30. The molecule has 0 unspecified atom stereocenters. The van der Waals surface area contributed by atoms with Gasteiger partial charge in [-0.2, -0.15) is 0 Å². The third kappa shape index (κ3) is 1.70. The Hall–Kier alpha value is -0.740. The molecule has 64 valence electrons. The molecule has 3 nitrogen and oxygen atoms in total. The molecule has 0 saturated heterocycles. The molecule has 0 aliphatic heterocycles. The van der Waals surface area contributed by atoms with E-state index in [-0.39, 0.29) is 11.3 Å². The summed E-state index contributed by atoms with van der Waals surface area (Å²) in [6, 6.07) is 2.89. The normalized spacial score (nSPS) is 9.83. The Morgan fingerprint density at radius 1 is 1.58 bits per heavy atom. The van der Waals surface area contributed by atoms with Gasteiger partial charge in [0.15, 0.2) is 0 Å². The molecule has 0 fully saturated rings. The van der Waals surface area contributed by atoms with Crippen molar-refractivity contribution in [1.29, 1.82) is 0 Å². The molecule has 0 heterocycles. The van der Waals surface area contributed by atoms with Gasteiger partial charge in [-0.15, -0.1) is 0 Å². The van der Waals surface area contributed by atoms with Crippen molar-refractivity contribution in [2.24, 2.45) is 0 Å². The minimum Gasteiger partial charge on any atom is -0.478 e. The van der Waals surface area contributed by atoms with E-state index in [0.29, 0.717) is 9.50 Å². The van der Waals surface area contributed by atoms with E-state index in [0.717, 1.165) is 0 Å². The van der Waals surface area contributed by atoms with E-state index in [4.69, 9.17) is 22.4 Å². The lowest BCUT2D eigenvalue weighted by Gasteiger charge is -2.03. The smallest absolute Gasteiger partial charge is 0.338 e. The number of benzene rings is 1. The molecule has 12 heavy (non-hydrogen) atoms. The Labute approximate surface area is 82.3 Å². The van der Waals surface area contributed by atoms with Crippen LogP contribution in [0.15, 0.2) is 16.6 Å². The third-order valence-electron chi connectivity index (χ3n) is 1.30. The molecule has 1 aromatic rings. The number of anilines is 1. The Kier molecular flexibility index (Phi) is 2.59. The van der Waals surface area contributed by atoms with E-state index in [1.807, 2.05) is 0 Å². The average molecular weight is 250 g/mol. The Bertz CT molecular complexity index is 317. The van der Waals surface area contributed by atoms with Crippen molar-refractivity contribution in [1.82, 2.24) is 0 Å². The first-order chi connectivity index (χ1) is 5.52. The minimum atomic E-state index is -1.07. The van der Waals surface area contributed by atoms with Gasteiger partial charge >= 0.3 is 5.97 Å². The van der Waals surface area contributed by atoms with E-state index in [1.165, 1.54) is 12.1 Å². The summed E-state index contributed by atoms with van der Waals surface area (Å²) in [6.07, 6.45) is 0. The summed E-state index contributed by atoms with van der Waals surface area (Å²) >= 11 is 8.68. The monoisotopic (exact) mass is 249 g/mol. The predicted octanol–water partition coefficient (Wildman–Crippen LogP) is 2.38. The van der Waals surface area contributed by atoms with Crippen LogP contribution in [0.4, 0.5) is 5.69 Å². The highest BCUT2D eigenvalue weighted by molar-refractivity contribution is 9.10. The molecule has 1 aromatic carbocycles. The van der Waals surface area contributed by atoms with Gasteiger partial charge in [0.2, 0.25) is 0 Å². The number of halogens is 2. The summed E-state index contributed by atoms with van der Waals surface area (Å²) in [5.41, 5.74) is 5.62. The predicted molar refractivity (Wildman–Crippen MR) is 50.5 cm³/mol. The van der Waals surface area contributed by atoms with Crippen LogP contribution in [0.2, 0.25) is 5.02 Å². The Morgan fingerprint density at radius 2 is 2.17 bits per heavy atom. The number of carbonyl (C=O) groups is 1. The second-order valence-corrected chi connectivity index (χ2v) is 3.45. The fraction of sp³-hybridized carbons (Fsp3) is 0. The lowest BCUT2D eigenvalue weighted by Crippen LogP contribution is -2.03. The Balaban J connectivity index is 3.38. The second-order valence-electron chi connectivity index (χ2n) is 2.16. The van der Waals surface area contributed by atoms with E-state index >= 15 is 0 Å². The first kappa shape index (κ1) is 9.35. The SMILES string of the molecule is Nc1cc(Cl)cc(Br)c1C(=O)O. The average Bonchev–Trinajstić information content (AvgIpc) is 1.82. The van der Waals surface area contributed by atoms with E-state index in [9.17, 15) is 4.79 Å². The van der Waals surface area contributed by atoms with Gasteiger partial charge in [-0.25, -0.2) is 4.79 Å². The number of rotatable bonds is 1. The lowest BCUT2D eigenvalue weighted by atomic mass is 10.2. The number of aromatic carboxylic acids is 1.